The van der Waals surface area contributed by atoms with Gasteiger partial charge in [-0.3, -0.25) is 9.36 Å². The van der Waals surface area contributed by atoms with Gasteiger partial charge in [0.05, 0.1) is 5.56 Å². The Morgan fingerprint density at radius 3 is 2.63 bits per heavy atom. The van der Waals surface area contributed by atoms with Gasteiger partial charge in [-0.05, 0) is 54.9 Å². The third kappa shape index (κ3) is 5.59. The Bertz CT molecular complexity index is 1020. The minimum atomic E-state index is -4.43. The molecule has 2 aromatic heterocycles. The highest BCUT2D eigenvalue weighted by Gasteiger charge is 2.30. The van der Waals surface area contributed by atoms with Crippen molar-refractivity contribution in [3.05, 3.63) is 59.5 Å². The zero-order valence-electron chi connectivity index (χ0n) is 16.4. The molecule has 2 heterocycles. The lowest BCUT2D eigenvalue weighted by Gasteiger charge is -2.11. The second kappa shape index (κ2) is 9.29. The highest BCUT2D eigenvalue weighted by atomic mass is 32.2. The first-order chi connectivity index (χ1) is 14.2. The lowest BCUT2D eigenvalue weighted by molar-refractivity contribution is -0.137. The normalized spacial score (nSPS) is 11.5. The molecule has 3 rings (SSSR count). The van der Waals surface area contributed by atoms with Gasteiger partial charge in [-0.1, -0.05) is 12.1 Å². The van der Waals surface area contributed by atoms with Gasteiger partial charge in [0.2, 0.25) is 11.1 Å². The lowest BCUT2D eigenvalue weighted by Crippen LogP contribution is -2.21. The van der Waals surface area contributed by atoms with E-state index in [0.29, 0.717) is 35.4 Å². The Morgan fingerprint density at radius 1 is 1.20 bits per heavy atom. The highest BCUT2D eigenvalue weighted by molar-refractivity contribution is 7.99. The second-order valence-corrected chi connectivity index (χ2v) is 7.63. The first kappa shape index (κ1) is 21.8. The molecule has 3 aromatic rings. The third-order valence-electron chi connectivity index (χ3n) is 4.17. The molecular formula is C20H20F3N5OS. The maximum atomic E-state index is 12.8. The summed E-state index contributed by atoms with van der Waals surface area (Å²) in [6.45, 7) is 3.94. The quantitative estimate of drug-likeness (QED) is 0.563. The maximum Gasteiger partial charge on any atom is 0.417 e. The fourth-order valence-electron chi connectivity index (χ4n) is 2.77. The predicted molar refractivity (Wildman–Crippen MR) is 106 cm³/mol. The van der Waals surface area contributed by atoms with Crippen LogP contribution in [-0.2, 0) is 17.4 Å². The van der Waals surface area contributed by atoms with Gasteiger partial charge in [0, 0.05) is 31.8 Å². The monoisotopic (exact) mass is 435 g/mol. The van der Waals surface area contributed by atoms with Gasteiger partial charge >= 0.3 is 6.18 Å². The molecule has 0 unspecified atom stereocenters. The van der Waals surface area contributed by atoms with Crippen LogP contribution in [0.1, 0.15) is 30.3 Å². The topological polar surface area (TPSA) is 72.7 Å². The van der Waals surface area contributed by atoms with Crippen LogP contribution in [0.2, 0.25) is 0 Å². The van der Waals surface area contributed by atoms with Crippen molar-refractivity contribution in [2.45, 2.75) is 43.0 Å². The molecule has 10 heteroatoms. The zero-order chi connectivity index (χ0) is 21.7. The van der Waals surface area contributed by atoms with Gasteiger partial charge in [-0.15, -0.1) is 10.2 Å². The zero-order valence-corrected chi connectivity index (χ0v) is 17.2. The summed E-state index contributed by atoms with van der Waals surface area (Å²) in [4.78, 5) is 15.0. The van der Waals surface area contributed by atoms with Crippen LogP contribution >= 0.6 is 11.8 Å². The molecule has 0 saturated heterocycles. The molecule has 6 nitrogen and oxygen atoms in total. The first-order valence-corrected chi connectivity index (χ1v) is 10.0. The first-order valence-electron chi connectivity index (χ1n) is 9.21. The van der Waals surface area contributed by atoms with Crippen molar-refractivity contribution in [2.75, 3.05) is 6.54 Å². The number of amides is 1. The van der Waals surface area contributed by atoms with Gasteiger partial charge in [0.25, 0.3) is 0 Å². The van der Waals surface area contributed by atoms with Gasteiger partial charge < -0.3 is 5.32 Å². The number of hydrogen-bond acceptors (Lipinski definition) is 5. The van der Waals surface area contributed by atoms with Crippen molar-refractivity contribution < 1.29 is 18.0 Å². The summed E-state index contributed by atoms with van der Waals surface area (Å²) in [7, 11) is 0. The van der Waals surface area contributed by atoms with Crippen molar-refractivity contribution in [1.82, 2.24) is 25.1 Å². The van der Waals surface area contributed by atoms with Crippen LogP contribution in [0.3, 0.4) is 0 Å². The van der Waals surface area contributed by atoms with Crippen LogP contribution in [0.25, 0.3) is 5.69 Å². The summed E-state index contributed by atoms with van der Waals surface area (Å²) in [5.41, 5.74) is 1.10. The van der Waals surface area contributed by atoms with Crippen molar-refractivity contribution >= 4 is 17.7 Å². The van der Waals surface area contributed by atoms with Crippen LogP contribution in [0.5, 0.6) is 0 Å². The minimum Gasteiger partial charge on any atom is -0.356 e. The molecule has 0 fully saturated rings. The molecule has 0 spiro atoms. The number of benzene rings is 1. The fourth-order valence-corrected chi connectivity index (χ4v) is 3.58. The standard InChI is InChI=1S/C20H20F3N5OS/c1-13-5-3-6-16(11-13)28-17(7-4-10-24-14(2)29)26-27-19(28)30-18-9-8-15(12-25-18)20(21,22)23/h3,5-6,8-9,11-12H,4,7,10H2,1-2H3,(H,24,29). The summed E-state index contributed by atoms with van der Waals surface area (Å²) in [5, 5.41) is 12.1. The summed E-state index contributed by atoms with van der Waals surface area (Å²) >= 11 is 1.14. The van der Waals surface area contributed by atoms with Crippen LogP contribution in [0.4, 0.5) is 13.2 Å². The Kier molecular flexibility index (Phi) is 6.76. The van der Waals surface area contributed by atoms with Crippen LogP contribution in [0, 0.1) is 6.92 Å². The molecule has 0 aliphatic rings. The summed E-state index contributed by atoms with van der Waals surface area (Å²) in [6, 6.07) is 10.1. The Balaban J connectivity index is 1.87. The molecule has 0 saturated carbocycles. The van der Waals surface area contributed by atoms with E-state index in [1.54, 1.807) is 0 Å². The SMILES string of the molecule is CC(=O)NCCCc1nnc(Sc2ccc(C(F)(F)F)cn2)n1-c1cccc(C)c1. The van der Waals surface area contributed by atoms with E-state index in [9.17, 15) is 18.0 Å². The van der Waals surface area contributed by atoms with Crippen molar-refractivity contribution in [3.63, 3.8) is 0 Å². The van der Waals surface area contributed by atoms with E-state index in [4.69, 9.17) is 0 Å². The number of aryl methyl sites for hydroxylation is 2. The highest BCUT2D eigenvalue weighted by Crippen LogP contribution is 2.32. The minimum absolute atomic E-state index is 0.0974. The van der Waals surface area contributed by atoms with Gasteiger partial charge in [-0.2, -0.15) is 13.2 Å². The number of hydrogen-bond donors (Lipinski definition) is 1. The van der Waals surface area contributed by atoms with E-state index in [2.05, 4.69) is 20.5 Å². The van der Waals surface area contributed by atoms with Gasteiger partial charge in [0.15, 0.2) is 0 Å². The molecule has 0 atom stereocenters. The number of rotatable bonds is 7. The number of pyridine rings is 1. The number of carbonyl (C=O) groups is 1. The predicted octanol–water partition coefficient (Wildman–Crippen LogP) is 4.21. The molecule has 30 heavy (non-hydrogen) atoms. The molecule has 1 aromatic carbocycles. The number of nitrogens with zero attached hydrogens (tertiary/aromatic N) is 4. The Hall–Kier alpha value is -2.88. The molecule has 1 N–H and O–H groups in total. The van der Waals surface area contributed by atoms with Crippen molar-refractivity contribution in [3.8, 4) is 5.69 Å². The van der Waals surface area contributed by atoms with E-state index in [-0.39, 0.29) is 5.91 Å². The Morgan fingerprint density at radius 2 is 2.00 bits per heavy atom. The average Bonchev–Trinajstić information content (AvgIpc) is 3.07. The molecule has 1 amide bonds. The summed E-state index contributed by atoms with van der Waals surface area (Å²) in [5.74, 6) is 0.597. The smallest absolute Gasteiger partial charge is 0.356 e. The van der Waals surface area contributed by atoms with Crippen LogP contribution in [-0.4, -0.2) is 32.2 Å². The van der Waals surface area contributed by atoms with E-state index < -0.39 is 11.7 Å². The molecular weight excluding hydrogens is 415 g/mol. The van der Waals surface area contributed by atoms with Crippen molar-refractivity contribution in [2.24, 2.45) is 0 Å². The summed E-state index contributed by atoms with van der Waals surface area (Å²) in [6.07, 6.45) is -2.38. The molecule has 0 bridgehead atoms. The van der Waals surface area contributed by atoms with E-state index in [1.807, 2.05) is 35.8 Å². The average molecular weight is 435 g/mol. The van der Waals surface area contributed by atoms with E-state index in [0.717, 1.165) is 35.3 Å². The van der Waals surface area contributed by atoms with E-state index >= 15 is 0 Å². The Labute approximate surface area is 175 Å². The molecule has 0 aliphatic carbocycles. The molecule has 0 aliphatic heterocycles. The van der Waals surface area contributed by atoms with Gasteiger partial charge in [0.1, 0.15) is 10.9 Å². The second-order valence-electron chi connectivity index (χ2n) is 6.64. The number of aromatic nitrogens is 4. The fraction of sp³-hybridized carbons (Fsp3) is 0.300. The largest absolute Gasteiger partial charge is 0.417 e. The number of nitrogens with one attached hydrogen (secondary N) is 1. The molecule has 0 radical (unpaired) electrons. The van der Waals surface area contributed by atoms with Crippen LogP contribution < -0.4 is 5.32 Å². The number of halogens is 3. The number of carbonyl (C=O) groups excluding carboxylic acids is 1. The lowest BCUT2D eigenvalue weighted by atomic mass is 10.2. The third-order valence-corrected chi connectivity index (χ3v) is 5.07. The number of alkyl halides is 3. The van der Waals surface area contributed by atoms with Crippen molar-refractivity contribution in [1.29, 1.82) is 0 Å². The maximum absolute atomic E-state index is 12.8. The molecule has 158 valence electrons. The van der Waals surface area contributed by atoms with E-state index in [1.165, 1.54) is 13.0 Å². The van der Waals surface area contributed by atoms with Crippen LogP contribution in [0.15, 0.2) is 52.8 Å². The van der Waals surface area contributed by atoms with Gasteiger partial charge in [-0.25, -0.2) is 4.98 Å². The summed E-state index contributed by atoms with van der Waals surface area (Å²) < 4.78 is 40.2.